The van der Waals surface area contributed by atoms with E-state index in [0.29, 0.717) is 24.9 Å². The summed E-state index contributed by atoms with van der Waals surface area (Å²) in [6.07, 6.45) is -0.162. The average molecular weight is 514 g/mol. The van der Waals surface area contributed by atoms with Crippen molar-refractivity contribution in [1.82, 2.24) is 16.0 Å². The van der Waals surface area contributed by atoms with Gasteiger partial charge < -0.3 is 42.7 Å². The van der Waals surface area contributed by atoms with Crippen LogP contribution in [0.1, 0.15) is 31.7 Å². The first kappa shape index (κ1) is 30.2. The van der Waals surface area contributed by atoms with Crippen LogP contribution in [0.5, 0.6) is 5.75 Å². The highest BCUT2D eigenvalue weighted by atomic mass is 32.1. The molecule has 12 nitrogen and oxygen atoms in total. The van der Waals surface area contributed by atoms with Gasteiger partial charge in [0.1, 0.15) is 23.9 Å². The summed E-state index contributed by atoms with van der Waals surface area (Å²) < 4.78 is 0. The number of aromatic hydroxyl groups is 1. The van der Waals surface area contributed by atoms with Crippen molar-refractivity contribution in [2.45, 2.75) is 62.9 Å². The van der Waals surface area contributed by atoms with Crippen molar-refractivity contribution in [3.63, 3.8) is 0 Å². The second-order valence-corrected chi connectivity index (χ2v) is 8.50. The van der Waals surface area contributed by atoms with Crippen LogP contribution in [0.3, 0.4) is 0 Å². The number of carboxylic acids is 1. The van der Waals surface area contributed by atoms with E-state index in [1.54, 1.807) is 0 Å². The molecule has 1 aromatic carbocycles. The summed E-state index contributed by atoms with van der Waals surface area (Å²) in [5.74, 6) is -3.53. The zero-order valence-electron chi connectivity index (χ0n) is 19.5. The number of aliphatic hydroxyl groups is 1. The predicted octanol–water partition coefficient (Wildman–Crippen LogP) is -1.76. The molecular formula is C22H35N5O7S. The Kier molecular flexibility index (Phi) is 13.1. The minimum absolute atomic E-state index is 0.00461. The van der Waals surface area contributed by atoms with Gasteiger partial charge in [-0.3, -0.25) is 14.4 Å². The van der Waals surface area contributed by atoms with Crippen LogP contribution in [-0.2, 0) is 25.6 Å². The minimum Gasteiger partial charge on any atom is -0.508 e. The first-order chi connectivity index (χ1) is 16.5. The van der Waals surface area contributed by atoms with E-state index in [2.05, 4.69) is 28.6 Å². The maximum absolute atomic E-state index is 12.9. The molecular weight excluding hydrogens is 478 g/mol. The number of hydrogen-bond acceptors (Lipinski definition) is 9. The fraction of sp³-hybridized carbons (Fsp3) is 0.545. The highest BCUT2D eigenvalue weighted by Gasteiger charge is 2.32. The van der Waals surface area contributed by atoms with Crippen molar-refractivity contribution in [3.05, 3.63) is 29.8 Å². The molecule has 0 heterocycles. The summed E-state index contributed by atoms with van der Waals surface area (Å²) in [5, 5.41) is 36.3. The molecule has 35 heavy (non-hydrogen) atoms. The van der Waals surface area contributed by atoms with Crippen LogP contribution in [0.4, 0.5) is 0 Å². The lowest BCUT2D eigenvalue weighted by Gasteiger charge is -2.26. The number of unbranched alkanes of at least 4 members (excludes halogenated alkanes) is 1. The molecule has 0 radical (unpaired) electrons. The number of carbonyl (C=O) groups is 4. The Morgan fingerprint density at radius 1 is 0.971 bits per heavy atom. The van der Waals surface area contributed by atoms with Crippen molar-refractivity contribution in [3.8, 4) is 5.75 Å². The SMILES string of the molecule is CC(O)C(NC(=O)C(CCCCN)NC(=O)C(N)CS)C(=O)NC(Cc1ccc(O)cc1)C(=O)O. The van der Waals surface area contributed by atoms with Crippen LogP contribution in [0.15, 0.2) is 24.3 Å². The molecule has 0 aromatic heterocycles. The third-order valence-corrected chi connectivity index (χ3v) is 5.56. The van der Waals surface area contributed by atoms with Crippen LogP contribution >= 0.6 is 12.6 Å². The highest BCUT2D eigenvalue weighted by molar-refractivity contribution is 7.80. The molecule has 5 atom stereocenters. The summed E-state index contributed by atoms with van der Waals surface area (Å²) in [7, 11) is 0. The number of nitrogens with one attached hydrogen (secondary N) is 3. The molecule has 1 rings (SSSR count). The standard InChI is InChI=1S/C22H35N5O7S/c1-12(28)18(21(32)26-17(22(33)34)10-13-5-7-14(29)8-6-13)27-20(31)16(4-2-3-9-23)25-19(30)15(24)11-35/h5-8,12,15-18,28-29,35H,2-4,9-11,23-24H2,1H3,(H,25,30)(H,26,32)(H,27,31)(H,33,34). The molecule has 196 valence electrons. The molecule has 0 aliphatic rings. The summed E-state index contributed by atoms with van der Waals surface area (Å²) in [4.78, 5) is 49.6. The van der Waals surface area contributed by atoms with Gasteiger partial charge in [0.05, 0.1) is 12.1 Å². The van der Waals surface area contributed by atoms with Gasteiger partial charge in [-0.15, -0.1) is 0 Å². The molecule has 0 bridgehead atoms. The van der Waals surface area contributed by atoms with Gasteiger partial charge in [-0.2, -0.15) is 12.6 Å². The van der Waals surface area contributed by atoms with Crippen LogP contribution in [-0.4, -0.2) is 81.6 Å². The van der Waals surface area contributed by atoms with E-state index in [4.69, 9.17) is 11.5 Å². The molecule has 5 unspecified atom stereocenters. The fourth-order valence-corrected chi connectivity index (χ4v) is 3.28. The van der Waals surface area contributed by atoms with E-state index in [1.165, 1.54) is 31.2 Å². The lowest BCUT2D eigenvalue weighted by atomic mass is 10.0. The number of aliphatic carboxylic acids is 1. The lowest BCUT2D eigenvalue weighted by molar-refractivity contribution is -0.143. The molecule has 13 heteroatoms. The molecule has 0 spiro atoms. The van der Waals surface area contributed by atoms with E-state index in [-0.39, 0.29) is 24.3 Å². The van der Waals surface area contributed by atoms with Gasteiger partial charge in [0, 0.05) is 12.2 Å². The molecule has 1 aromatic rings. The number of benzene rings is 1. The monoisotopic (exact) mass is 513 g/mol. The Bertz CT molecular complexity index is 853. The summed E-state index contributed by atoms with van der Waals surface area (Å²) in [5.41, 5.74) is 11.7. The van der Waals surface area contributed by atoms with Crippen molar-refractivity contribution in [2.75, 3.05) is 12.3 Å². The summed E-state index contributed by atoms with van der Waals surface area (Å²) in [6.45, 7) is 1.65. The Morgan fingerprint density at radius 2 is 1.57 bits per heavy atom. The molecule has 10 N–H and O–H groups in total. The third kappa shape index (κ3) is 10.5. The molecule has 0 aliphatic heterocycles. The van der Waals surface area contributed by atoms with Gasteiger partial charge in [-0.1, -0.05) is 12.1 Å². The normalized spacial score (nSPS) is 15.2. The van der Waals surface area contributed by atoms with Gasteiger partial charge in [-0.05, 0) is 50.4 Å². The second kappa shape index (κ2) is 15.2. The Hall–Kier alpha value is -2.87. The summed E-state index contributed by atoms with van der Waals surface area (Å²) >= 11 is 3.96. The number of rotatable bonds is 15. The Morgan fingerprint density at radius 3 is 2.09 bits per heavy atom. The topological polar surface area (TPSA) is 217 Å². The number of nitrogens with two attached hydrogens (primary N) is 2. The first-order valence-corrected chi connectivity index (χ1v) is 11.8. The number of carbonyl (C=O) groups excluding carboxylic acids is 3. The van der Waals surface area contributed by atoms with Crippen molar-refractivity contribution in [1.29, 1.82) is 0 Å². The van der Waals surface area contributed by atoms with Crippen molar-refractivity contribution < 1.29 is 34.5 Å². The number of thiol groups is 1. The number of phenols is 1. The average Bonchev–Trinajstić information content (AvgIpc) is 2.81. The zero-order valence-corrected chi connectivity index (χ0v) is 20.4. The smallest absolute Gasteiger partial charge is 0.326 e. The van der Waals surface area contributed by atoms with Gasteiger partial charge in [0.15, 0.2) is 0 Å². The number of amides is 3. The number of aliphatic hydroxyl groups excluding tert-OH is 1. The minimum atomic E-state index is -1.49. The van der Waals surface area contributed by atoms with Crippen molar-refractivity contribution >= 4 is 36.3 Å². The van der Waals surface area contributed by atoms with Crippen LogP contribution in [0.25, 0.3) is 0 Å². The predicted molar refractivity (Wildman–Crippen MR) is 132 cm³/mol. The largest absolute Gasteiger partial charge is 0.508 e. The zero-order chi connectivity index (χ0) is 26.5. The van der Waals surface area contributed by atoms with E-state index < -0.39 is 54.0 Å². The Balaban J connectivity index is 2.95. The van der Waals surface area contributed by atoms with E-state index in [0.717, 1.165) is 0 Å². The van der Waals surface area contributed by atoms with Gasteiger partial charge in [0.2, 0.25) is 17.7 Å². The molecule has 0 aliphatic carbocycles. The Labute approximate surface area is 209 Å². The van der Waals surface area contributed by atoms with Gasteiger partial charge in [-0.25, -0.2) is 4.79 Å². The third-order valence-electron chi connectivity index (χ3n) is 5.17. The maximum Gasteiger partial charge on any atom is 0.326 e. The number of carboxylic acid groups (broad SMARTS) is 1. The molecule has 0 fully saturated rings. The van der Waals surface area contributed by atoms with Crippen LogP contribution in [0.2, 0.25) is 0 Å². The second-order valence-electron chi connectivity index (χ2n) is 8.13. The quantitative estimate of drug-likeness (QED) is 0.0957. The lowest BCUT2D eigenvalue weighted by Crippen LogP contribution is -2.60. The van der Waals surface area contributed by atoms with E-state index >= 15 is 0 Å². The van der Waals surface area contributed by atoms with Crippen LogP contribution < -0.4 is 27.4 Å². The van der Waals surface area contributed by atoms with Gasteiger partial charge in [0.25, 0.3) is 0 Å². The van der Waals surface area contributed by atoms with Gasteiger partial charge >= 0.3 is 5.97 Å². The highest BCUT2D eigenvalue weighted by Crippen LogP contribution is 2.12. The number of hydrogen-bond donors (Lipinski definition) is 9. The molecule has 3 amide bonds. The first-order valence-electron chi connectivity index (χ1n) is 11.2. The number of phenolic OH excluding ortho intramolecular Hbond substituents is 1. The van der Waals surface area contributed by atoms with Crippen molar-refractivity contribution in [2.24, 2.45) is 11.5 Å². The van der Waals surface area contributed by atoms with E-state index in [9.17, 15) is 34.5 Å². The molecule has 0 saturated carbocycles. The fourth-order valence-electron chi connectivity index (χ4n) is 3.11. The molecule has 0 saturated heterocycles. The van der Waals surface area contributed by atoms with Crippen LogP contribution in [0, 0.1) is 0 Å². The van der Waals surface area contributed by atoms with E-state index in [1.807, 2.05) is 0 Å². The summed E-state index contributed by atoms with van der Waals surface area (Å²) in [6, 6.07) is 0.929. The maximum atomic E-state index is 12.9.